The van der Waals surface area contributed by atoms with Gasteiger partial charge in [0.1, 0.15) is 17.3 Å². The molecule has 1 amide bonds. The standard InChI is InChI=1S/C20H16F2N4O3/c1-2-29-19(28)12-3-6-14(7-4-12)24-20-23-10-9-17(26-20)18(27)25-16-8-5-13(21)11-15(16)22/h3-11H,2H2,1H3,(H,25,27)(H,23,24,26). The Labute approximate surface area is 164 Å². The number of anilines is 3. The molecule has 148 valence electrons. The lowest BCUT2D eigenvalue weighted by molar-refractivity contribution is 0.0526. The van der Waals surface area contributed by atoms with Crippen molar-refractivity contribution >= 4 is 29.2 Å². The molecule has 0 radical (unpaired) electrons. The Kier molecular flexibility index (Phi) is 6.08. The summed E-state index contributed by atoms with van der Waals surface area (Å²) in [6.45, 7) is 2.00. The number of rotatable bonds is 6. The number of hydrogen-bond acceptors (Lipinski definition) is 6. The molecule has 3 aromatic rings. The predicted molar refractivity (Wildman–Crippen MR) is 102 cm³/mol. The largest absolute Gasteiger partial charge is 0.462 e. The lowest BCUT2D eigenvalue weighted by atomic mass is 10.2. The third-order valence-electron chi connectivity index (χ3n) is 3.72. The van der Waals surface area contributed by atoms with E-state index in [1.165, 1.54) is 12.3 Å². The highest BCUT2D eigenvalue weighted by molar-refractivity contribution is 6.03. The maximum atomic E-state index is 13.7. The molecule has 2 N–H and O–H groups in total. The molecule has 2 aromatic carbocycles. The second kappa shape index (κ2) is 8.87. The number of amides is 1. The van der Waals surface area contributed by atoms with Gasteiger partial charge in [0.05, 0.1) is 17.9 Å². The van der Waals surface area contributed by atoms with Crippen LogP contribution in [0.2, 0.25) is 0 Å². The van der Waals surface area contributed by atoms with Crippen LogP contribution in [0.25, 0.3) is 0 Å². The number of ether oxygens (including phenoxy) is 1. The molecule has 1 aromatic heterocycles. The van der Waals surface area contributed by atoms with E-state index in [1.807, 2.05) is 0 Å². The molecule has 0 saturated carbocycles. The normalized spacial score (nSPS) is 10.3. The molecule has 0 aliphatic rings. The SMILES string of the molecule is CCOC(=O)c1ccc(Nc2nccc(C(=O)Nc3ccc(F)cc3F)n2)cc1. The fourth-order valence-electron chi connectivity index (χ4n) is 2.36. The molecule has 0 unspecified atom stereocenters. The quantitative estimate of drug-likeness (QED) is 0.611. The van der Waals surface area contributed by atoms with Gasteiger partial charge in [0, 0.05) is 18.0 Å². The molecule has 0 bridgehead atoms. The minimum absolute atomic E-state index is 0.0191. The summed E-state index contributed by atoms with van der Waals surface area (Å²) in [4.78, 5) is 32.1. The Bertz CT molecular complexity index is 1040. The first kappa shape index (κ1) is 19.9. The number of halogens is 2. The number of nitrogens with one attached hydrogen (secondary N) is 2. The molecular formula is C20H16F2N4O3. The number of benzene rings is 2. The minimum atomic E-state index is -0.896. The minimum Gasteiger partial charge on any atom is -0.462 e. The van der Waals surface area contributed by atoms with Crippen LogP contribution >= 0.6 is 0 Å². The van der Waals surface area contributed by atoms with E-state index in [4.69, 9.17) is 4.74 Å². The average Bonchev–Trinajstić information content (AvgIpc) is 2.71. The molecule has 0 atom stereocenters. The van der Waals surface area contributed by atoms with Crippen LogP contribution in [-0.2, 0) is 4.74 Å². The number of hydrogen-bond donors (Lipinski definition) is 2. The Balaban J connectivity index is 1.70. The zero-order chi connectivity index (χ0) is 20.8. The van der Waals surface area contributed by atoms with Crippen molar-refractivity contribution in [2.24, 2.45) is 0 Å². The van der Waals surface area contributed by atoms with E-state index in [0.717, 1.165) is 12.1 Å². The van der Waals surface area contributed by atoms with Crippen molar-refractivity contribution in [3.63, 3.8) is 0 Å². The molecule has 0 spiro atoms. The molecule has 0 fully saturated rings. The number of esters is 1. The van der Waals surface area contributed by atoms with Crippen molar-refractivity contribution in [1.82, 2.24) is 9.97 Å². The lowest BCUT2D eigenvalue weighted by Crippen LogP contribution is -2.15. The Morgan fingerprint density at radius 2 is 1.83 bits per heavy atom. The van der Waals surface area contributed by atoms with Gasteiger partial charge in [0.25, 0.3) is 5.91 Å². The summed E-state index contributed by atoms with van der Waals surface area (Å²) in [5.74, 6) is -2.63. The third-order valence-corrected chi connectivity index (χ3v) is 3.72. The van der Waals surface area contributed by atoms with Gasteiger partial charge >= 0.3 is 5.97 Å². The van der Waals surface area contributed by atoms with Crippen molar-refractivity contribution in [2.45, 2.75) is 6.92 Å². The van der Waals surface area contributed by atoms with Crippen LogP contribution in [-0.4, -0.2) is 28.5 Å². The zero-order valence-electron chi connectivity index (χ0n) is 15.3. The van der Waals surface area contributed by atoms with Gasteiger partial charge in [-0.25, -0.2) is 23.5 Å². The van der Waals surface area contributed by atoms with Crippen LogP contribution in [0.15, 0.2) is 54.7 Å². The highest BCUT2D eigenvalue weighted by atomic mass is 19.1. The molecule has 7 nitrogen and oxygen atoms in total. The number of aromatic nitrogens is 2. The van der Waals surface area contributed by atoms with Gasteiger partial charge < -0.3 is 15.4 Å². The third kappa shape index (κ3) is 5.10. The molecule has 0 aliphatic heterocycles. The van der Waals surface area contributed by atoms with Crippen molar-refractivity contribution in [2.75, 3.05) is 17.2 Å². The first-order chi connectivity index (χ1) is 14.0. The molecule has 9 heteroatoms. The first-order valence-corrected chi connectivity index (χ1v) is 8.60. The van der Waals surface area contributed by atoms with E-state index in [9.17, 15) is 18.4 Å². The zero-order valence-corrected chi connectivity index (χ0v) is 15.3. The molecule has 0 aliphatic carbocycles. The number of nitrogens with zero attached hydrogens (tertiary/aromatic N) is 2. The predicted octanol–water partition coefficient (Wildman–Crippen LogP) is 3.93. The lowest BCUT2D eigenvalue weighted by Gasteiger charge is -2.08. The molecular weight excluding hydrogens is 382 g/mol. The van der Waals surface area contributed by atoms with Crippen LogP contribution in [0.4, 0.5) is 26.1 Å². The van der Waals surface area contributed by atoms with Gasteiger partial charge in [-0.05, 0) is 49.4 Å². The van der Waals surface area contributed by atoms with E-state index in [0.29, 0.717) is 17.3 Å². The van der Waals surface area contributed by atoms with Crippen molar-refractivity contribution in [3.05, 3.63) is 77.6 Å². The van der Waals surface area contributed by atoms with E-state index in [2.05, 4.69) is 20.6 Å². The van der Waals surface area contributed by atoms with Gasteiger partial charge in [0.2, 0.25) is 5.95 Å². The summed E-state index contributed by atoms with van der Waals surface area (Å²) in [5, 5.41) is 5.23. The van der Waals surface area contributed by atoms with Crippen LogP contribution in [0, 0.1) is 11.6 Å². The van der Waals surface area contributed by atoms with Gasteiger partial charge in [0.15, 0.2) is 0 Å². The summed E-state index contributed by atoms with van der Waals surface area (Å²) in [7, 11) is 0. The highest BCUT2D eigenvalue weighted by Gasteiger charge is 2.13. The Hall–Kier alpha value is -3.88. The fraction of sp³-hybridized carbons (Fsp3) is 0.100. The fourth-order valence-corrected chi connectivity index (χ4v) is 2.36. The summed E-state index contributed by atoms with van der Waals surface area (Å²) in [5.41, 5.74) is 0.793. The van der Waals surface area contributed by atoms with Crippen LogP contribution in [0.5, 0.6) is 0 Å². The number of carbonyl (C=O) groups is 2. The van der Waals surface area contributed by atoms with E-state index >= 15 is 0 Å². The molecule has 29 heavy (non-hydrogen) atoms. The highest BCUT2D eigenvalue weighted by Crippen LogP contribution is 2.17. The maximum absolute atomic E-state index is 13.7. The second-order valence-corrected chi connectivity index (χ2v) is 5.77. The van der Waals surface area contributed by atoms with E-state index in [1.54, 1.807) is 31.2 Å². The Morgan fingerprint density at radius 1 is 1.07 bits per heavy atom. The summed E-state index contributed by atoms with van der Waals surface area (Å²) in [6, 6.07) is 10.6. The number of carbonyl (C=O) groups excluding carboxylic acids is 2. The van der Waals surface area contributed by atoms with E-state index in [-0.39, 0.29) is 23.9 Å². The Morgan fingerprint density at radius 3 is 2.52 bits per heavy atom. The molecule has 0 saturated heterocycles. The second-order valence-electron chi connectivity index (χ2n) is 5.77. The molecule has 3 rings (SSSR count). The van der Waals surface area contributed by atoms with Crippen molar-refractivity contribution in [3.8, 4) is 0 Å². The van der Waals surface area contributed by atoms with Crippen LogP contribution in [0.3, 0.4) is 0 Å². The monoisotopic (exact) mass is 398 g/mol. The maximum Gasteiger partial charge on any atom is 0.338 e. The van der Waals surface area contributed by atoms with Crippen molar-refractivity contribution < 1.29 is 23.1 Å². The van der Waals surface area contributed by atoms with Crippen LogP contribution < -0.4 is 10.6 Å². The van der Waals surface area contributed by atoms with Crippen molar-refractivity contribution in [1.29, 1.82) is 0 Å². The molecule has 1 heterocycles. The van der Waals surface area contributed by atoms with Gasteiger partial charge in [-0.2, -0.15) is 0 Å². The topological polar surface area (TPSA) is 93.2 Å². The van der Waals surface area contributed by atoms with Crippen LogP contribution in [0.1, 0.15) is 27.8 Å². The first-order valence-electron chi connectivity index (χ1n) is 8.60. The summed E-state index contributed by atoms with van der Waals surface area (Å²) >= 11 is 0. The van der Waals surface area contributed by atoms with Gasteiger partial charge in [-0.15, -0.1) is 0 Å². The summed E-state index contributed by atoms with van der Waals surface area (Å²) in [6.07, 6.45) is 1.36. The summed E-state index contributed by atoms with van der Waals surface area (Å²) < 4.78 is 31.6. The van der Waals surface area contributed by atoms with Gasteiger partial charge in [-0.1, -0.05) is 0 Å². The van der Waals surface area contributed by atoms with E-state index < -0.39 is 23.5 Å². The smallest absolute Gasteiger partial charge is 0.338 e. The van der Waals surface area contributed by atoms with Gasteiger partial charge in [-0.3, -0.25) is 4.79 Å². The average molecular weight is 398 g/mol.